The summed E-state index contributed by atoms with van der Waals surface area (Å²) >= 11 is 0. The second kappa shape index (κ2) is 5.82. The van der Waals surface area contributed by atoms with Crippen molar-refractivity contribution in [3.63, 3.8) is 0 Å². The second-order valence-corrected chi connectivity index (χ2v) is 4.91. The molecule has 1 aliphatic rings. The Labute approximate surface area is 111 Å². The summed E-state index contributed by atoms with van der Waals surface area (Å²) in [5, 5.41) is 3.32. The lowest BCUT2D eigenvalue weighted by Gasteiger charge is -2.19. The number of hydrogen-bond acceptors (Lipinski definition) is 2. The molecule has 0 bridgehead atoms. The van der Waals surface area contributed by atoms with Crippen molar-refractivity contribution >= 4 is 0 Å². The van der Waals surface area contributed by atoms with Crippen molar-refractivity contribution in [3.8, 4) is 5.75 Å². The zero-order chi connectivity index (χ0) is 13.9. The highest BCUT2D eigenvalue weighted by atomic mass is 19.4. The summed E-state index contributed by atoms with van der Waals surface area (Å²) in [6.07, 6.45) is -1.21. The Balaban J connectivity index is 2.09. The average Bonchev–Trinajstić information content (AvgIpc) is 3.10. The van der Waals surface area contributed by atoms with Gasteiger partial charge in [0.25, 0.3) is 0 Å². The number of rotatable bonds is 6. The van der Waals surface area contributed by atoms with E-state index in [0.29, 0.717) is 5.92 Å². The second-order valence-electron chi connectivity index (χ2n) is 4.91. The Kier molecular flexibility index (Phi) is 4.34. The van der Waals surface area contributed by atoms with Gasteiger partial charge in [-0.1, -0.05) is 31.9 Å². The van der Waals surface area contributed by atoms with E-state index in [4.69, 9.17) is 0 Å². The smallest absolute Gasteiger partial charge is 0.406 e. The van der Waals surface area contributed by atoms with E-state index in [2.05, 4.69) is 10.1 Å². The molecule has 0 aliphatic heterocycles. The fourth-order valence-electron chi connectivity index (χ4n) is 2.20. The Morgan fingerprint density at radius 3 is 2.68 bits per heavy atom. The van der Waals surface area contributed by atoms with Crippen LogP contribution in [-0.2, 0) is 0 Å². The molecule has 2 rings (SSSR count). The van der Waals surface area contributed by atoms with Crippen LogP contribution in [0.25, 0.3) is 0 Å². The Morgan fingerprint density at radius 2 is 2.11 bits per heavy atom. The highest BCUT2D eigenvalue weighted by Crippen LogP contribution is 2.38. The molecule has 1 aromatic rings. The molecular weight excluding hydrogens is 255 g/mol. The maximum Gasteiger partial charge on any atom is 0.573 e. The molecular formula is C14H18F3NO. The van der Waals surface area contributed by atoms with Gasteiger partial charge in [-0.2, -0.15) is 0 Å². The first kappa shape index (κ1) is 14.2. The highest BCUT2D eigenvalue weighted by molar-refractivity contribution is 5.31. The van der Waals surface area contributed by atoms with E-state index < -0.39 is 6.36 Å². The molecule has 1 saturated carbocycles. The SMILES string of the molecule is CCNC(CC1CC1)c1cccc(OC(F)(F)F)c1. The minimum absolute atomic E-state index is 0.106. The number of alkyl halides is 3. The average molecular weight is 273 g/mol. The van der Waals surface area contributed by atoms with Gasteiger partial charge >= 0.3 is 6.36 Å². The normalized spacial score (nSPS) is 17.3. The number of benzene rings is 1. The largest absolute Gasteiger partial charge is 0.573 e. The Morgan fingerprint density at radius 1 is 1.37 bits per heavy atom. The molecule has 106 valence electrons. The molecule has 1 unspecified atom stereocenters. The van der Waals surface area contributed by atoms with E-state index in [9.17, 15) is 13.2 Å². The van der Waals surface area contributed by atoms with E-state index in [0.717, 1.165) is 18.5 Å². The summed E-state index contributed by atoms with van der Waals surface area (Å²) in [5.74, 6) is 0.556. The van der Waals surface area contributed by atoms with Crippen molar-refractivity contribution in [1.82, 2.24) is 5.32 Å². The van der Waals surface area contributed by atoms with Crippen molar-refractivity contribution in [2.45, 2.75) is 38.6 Å². The van der Waals surface area contributed by atoms with E-state index >= 15 is 0 Å². The van der Waals surface area contributed by atoms with Gasteiger partial charge in [0.1, 0.15) is 5.75 Å². The first-order valence-corrected chi connectivity index (χ1v) is 6.57. The summed E-state index contributed by atoms with van der Waals surface area (Å²) in [6, 6.07) is 6.36. The lowest BCUT2D eigenvalue weighted by molar-refractivity contribution is -0.274. The zero-order valence-electron chi connectivity index (χ0n) is 10.8. The number of ether oxygens (including phenoxy) is 1. The first-order valence-electron chi connectivity index (χ1n) is 6.57. The number of hydrogen-bond donors (Lipinski definition) is 1. The maximum atomic E-state index is 12.2. The molecule has 1 aromatic carbocycles. The van der Waals surface area contributed by atoms with Crippen LogP contribution in [0.15, 0.2) is 24.3 Å². The lowest BCUT2D eigenvalue weighted by atomic mass is 10.0. The van der Waals surface area contributed by atoms with Gasteiger partial charge in [-0.15, -0.1) is 13.2 Å². The van der Waals surface area contributed by atoms with Crippen LogP contribution >= 0.6 is 0 Å². The predicted molar refractivity (Wildman–Crippen MR) is 66.9 cm³/mol. The van der Waals surface area contributed by atoms with Gasteiger partial charge in [-0.25, -0.2) is 0 Å². The summed E-state index contributed by atoms with van der Waals surface area (Å²) < 4.78 is 40.6. The fraction of sp³-hybridized carbons (Fsp3) is 0.571. The third-order valence-corrected chi connectivity index (χ3v) is 3.21. The van der Waals surface area contributed by atoms with Crippen LogP contribution in [0.1, 0.15) is 37.8 Å². The van der Waals surface area contributed by atoms with E-state index in [1.807, 2.05) is 13.0 Å². The van der Waals surface area contributed by atoms with Gasteiger partial charge in [0.05, 0.1) is 0 Å². The Bertz CT molecular complexity index is 415. The minimum Gasteiger partial charge on any atom is -0.406 e. The number of nitrogens with one attached hydrogen (secondary N) is 1. The van der Waals surface area contributed by atoms with Crippen LogP contribution in [0.5, 0.6) is 5.75 Å². The van der Waals surface area contributed by atoms with Crippen LogP contribution in [0, 0.1) is 5.92 Å². The van der Waals surface area contributed by atoms with Gasteiger partial charge < -0.3 is 10.1 Å². The van der Waals surface area contributed by atoms with Crippen LogP contribution in [-0.4, -0.2) is 12.9 Å². The van der Waals surface area contributed by atoms with E-state index in [1.54, 1.807) is 6.07 Å². The van der Waals surface area contributed by atoms with Crippen molar-refractivity contribution in [3.05, 3.63) is 29.8 Å². The number of halogens is 3. The monoisotopic (exact) mass is 273 g/mol. The predicted octanol–water partition coefficient (Wildman–Crippen LogP) is 4.04. The maximum absolute atomic E-state index is 12.2. The summed E-state index contributed by atoms with van der Waals surface area (Å²) in [7, 11) is 0. The summed E-state index contributed by atoms with van der Waals surface area (Å²) in [6.45, 7) is 2.79. The highest BCUT2D eigenvalue weighted by Gasteiger charge is 2.31. The van der Waals surface area contributed by atoms with Crippen LogP contribution in [0.4, 0.5) is 13.2 Å². The molecule has 1 fully saturated rings. The quantitative estimate of drug-likeness (QED) is 0.844. The fourth-order valence-corrected chi connectivity index (χ4v) is 2.20. The molecule has 0 saturated heterocycles. The molecule has 0 spiro atoms. The molecule has 1 aliphatic carbocycles. The third kappa shape index (κ3) is 4.74. The molecule has 2 nitrogen and oxygen atoms in total. The standard InChI is InChI=1S/C14H18F3NO/c1-2-18-13(8-10-6-7-10)11-4-3-5-12(9-11)19-14(15,16)17/h3-5,9-10,13,18H,2,6-8H2,1H3. The first-order chi connectivity index (χ1) is 8.98. The summed E-state index contributed by atoms with van der Waals surface area (Å²) in [5.41, 5.74) is 0.857. The van der Waals surface area contributed by atoms with Crippen molar-refractivity contribution in [1.29, 1.82) is 0 Å². The van der Waals surface area contributed by atoms with Gasteiger partial charge in [0, 0.05) is 6.04 Å². The molecule has 0 radical (unpaired) electrons. The third-order valence-electron chi connectivity index (χ3n) is 3.21. The van der Waals surface area contributed by atoms with Crippen molar-refractivity contribution < 1.29 is 17.9 Å². The lowest BCUT2D eigenvalue weighted by Crippen LogP contribution is -2.22. The van der Waals surface area contributed by atoms with E-state index in [1.165, 1.54) is 25.0 Å². The molecule has 1 atom stereocenters. The molecule has 19 heavy (non-hydrogen) atoms. The van der Waals surface area contributed by atoms with Gasteiger partial charge in [0.2, 0.25) is 0 Å². The Hall–Kier alpha value is -1.23. The molecule has 1 N–H and O–H groups in total. The van der Waals surface area contributed by atoms with Crippen molar-refractivity contribution in [2.75, 3.05) is 6.54 Å². The van der Waals surface area contributed by atoms with Crippen LogP contribution in [0.2, 0.25) is 0 Å². The molecule has 0 heterocycles. The summed E-state index contributed by atoms with van der Waals surface area (Å²) in [4.78, 5) is 0. The van der Waals surface area contributed by atoms with Crippen molar-refractivity contribution in [2.24, 2.45) is 5.92 Å². The van der Waals surface area contributed by atoms with Gasteiger partial charge in [0.15, 0.2) is 0 Å². The topological polar surface area (TPSA) is 21.3 Å². The van der Waals surface area contributed by atoms with Gasteiger partial charge in [-0.3, -0.25) is 0 Å². The zero-order valence-corrected chi connectivity index (χ0v) is 10.8. The molecule has 0 amide bonds. The van der Waals surface area contributed by atoms with Gasteiger partial charge in [-0.05, 0) is 36.6 Å². The van der Waals surface area contributed by atoms with Crippen LogP contribution in [0.3, 0.4) is 0 Å². The molecule has 5 heteroatoms. The van der Waals surface area contributed by atoms with Crippen LogP contribution < -0.4 is 10.1 Å². The molecule has 0 aromatic heterocycles. The van der Waals surface area contributed by atoms with E-state index in [-0.39, 0.29) is 11.8 Å². The minimum atomic E-state index is -4.64.